The van der Waals surface area contributed by atoms with E-state index in [1.807, 2.05) is 6.92 Å². The van der Waals surface area contributed by atoms with Gasteiger partial charge in [-0.05, 0) is 19.8 Å². The SMILES string of the molecule is C=C(C)CCc1c[nH]c(=O)n(CN)c1=O. The van der Waals surface area contributed by atoms with E-state index in [0.717, 1.165) is 16.6 Å². The quantitative estimate of drug-likeness (QED) is 0.683. The highest BCUT2D eigenvalue weighted by Gasteiger charge is 2.05. The van der Waals surface area contributed by atoms with E-state index in [-0.39, 0.29) is 12.2 Å². The fourth-order valence-corrected chi connectivity index (χ4v) is 1.25. The lowest BCUT2D eigenvalue weighted by molar-refractivity contribution is 0.639. The molecule has 0 amide bonds. The number of aromatic amines is 1. The summed E-state index contributed by atoms with van der Waals surface area (Å²) in [6, 6.07) is 0. The average molecular weight is 209 g/mol. The molecule has 0 atom stereocenters. The first-order valence-electron chi connectivity index (χ1n) is 4.72. The highest BCUT2D eigenvalue weighted by molar-refractivity contribution is 5.07. The maximum Gasteiger partial charge on any atom is 0.329 e. The molecule has 1 heterocycles. The Kier molecular flexibility index (Phi) is 3.62. The van der Waals surface area contributed by atoms with E-state index in [1.54, 1.807) is 0 Å². The number of aryl methyl sites for hydroxylation is 1. The van der Waals surface area contributed by atoms with Gasteiger partial charge in [0.2, 0.25) is 0 Å². The Bertz CT molecular complexity index is 470. The van der Waals surface area contributed by atoms with Crippen LogP contribution in [0.4, 0.5) is 0 Å². The molecular weight excluding hydrogens is 194 g/mol. The zero-order valence-corrected chi connectivity index (χ0v) is 8.75. The molecule has 5 nitrogen and oxygen atoms in total. The number of allylic oxidation sites excluding steroid dienone is 1. The molecule has 82 valence electrons. The molecule has 0 aliphatic rings. The molecule has 5 heteroatoms. The third kappa shape index (κ3) is 2.66. The predicted molar refractivity (Wildman–Crippen MR) is 58.6 cm³/mol. The molecule has 0 aliphatic heterocycles. The molecule has 1 aromatic heterocycles. The van der Waals surface area contributed by atoms with E-state index in [4.69, 9.17) is 5.73 Å². The number of nitrogens with one attached hydrogen (secondary N) is 1. The molecule has 0 unspecified atom stereocenters. The number of H-pyrrole nitrogens is 1. The maximum absolute atomic E-state index is 11.7. The molecule has 0 fully saturated rings. The van der Waals surface area contributed by atoms with Gasteiger partial charge >= 0.3 is 5.69 Å². The van der Waals surface area contributed by atoms with Crippen LogP contribution in [0, 0.1) is 0 Å². The second-order valence-electron chi connectivity index (χ2n) is 3.49. The van der Waals surface area contributed by atoms with Crippen molar-refractivity contribution in [3.63, 3.8) is 0 Å². The van der Waals surface area contributed by atoms with Gasteiger partial charge in [0.1, 0.15) is 0 Å². The molecule has 0 saturated heterocycles. The molecule has 0 aromatic carbocycles. The predicted octanol–water partition coefficient (Wildman–Crippen LogP) is -0.0385. The van der Waals surface area contributed by atoms with Gasteiger partial charge in [-0.15, -0.1) is 6.58 Å². The second-order valence-corrected chi connectivity index (χ2v) is 3.49. The third-order valence-electron chi connectivity index (χ3n) is 2.14. The zero-order valence-electron chi connectivity index (χ0n) is 8.75. The first-order valence-corrected chi connectivity index (χ1v) is 4.72. The Balaban J connectivity index is 3.06. The minimum Gasteiger partial charge on any atom is -0.314 e. The minimum absolute atomic E-state index is 0.102. The molecular formula is C10H15N3O2. The summed E-state index contributed by atoms with van der Waals surface area (Å²) < 4.78 is 0.980. The van der Waals surface area contributed by atoms with Crippen LogP contribution >= 0.6 is 0 Å². The van der Waals surface area contributed by atoms with Gasteiger partial charge < -0.3 is 10.7 Å². The van der Waals surface area contributed by atoms with Crippen LogP contribution in [0.15, 0.2) is 27.9 Å². The summed E-state index contributed by atoms with van der Waals surface area (Å²) in [6.45, 7) is 5.55. The highest BCUT2D eigenvalue weighted by Crippen LogP contribution is 2.01. The first kappa shape index (κ1) is 11.5. The normalized spacial score (nSPS) is 10.3. The second kappa shape index (κ2) is 4.75. The van der Waals surface area contributed by atoms with Crippen molar-refractivity contribution in [2.75, 3.05) is 0 Å². The van der Waals surface area contributed by atoms with Crippen molar-refractivity contribution in [3.05, 3.63) is 44.8 Å². The largest absolute Gasteiger partial charge is 0.329 e. The molecule has 0 saturated carbocycles. The van der Waals surface area contributed by atoms with Crippen molar-refractivity contribution in [3.8, 4) is 0 Å². The van der Waals surface area contributed by atoms with Crippen LogP contribution in [0.5, 0.6) is 0 Å². The van der Waals surface area contributed by atoms with Crippen LogP contribution < -0.4 is 17.0 Å². The van der Waals surface area contributed by atoms with Gasteiger partial charge in [0.05, 0.1) is 6.67 Å². The summed E-state index contributed by atoms with van der Waals surface area (Å²) in [6.07, 6.45) is 2.75. The summed E-state index contributed by atoms with van der Waals surface area (Å²) in [5.41, 5.74) is 6.07. The van der Waals surface area contributed by atoms with Crippen LogP contribution in [0.2, 0.25) is 0 Å². The average Bonchev–Trinajstić information content (AvgIpc) is 2.17. The Hall–Kier alpha value is -1.62. The summed E-state index contributed by atoms with van der Waals surface area (Å²) >= 11 is 0. The Morgan fingerprint density at radius 1 is 1.60 bits per heavy atom. The molecule has 0 radical (unpaired) electrons. The van der Waals surface area contributed by atoms with Crippen LogP contribution in [0.3, 0.4) is 0 Å². The minimum atomic E-state index is -0.471. The Labute approximate surface area is 87.2 Å². The van der Waals surface area contributed by atoms with Gasteiger partial charge in [0, 0.05) is 11.8 Å². The Morgan fingerprint density at radius 2 is 2.27 bits per heavy atom. The van der Waals surface area contributed by atoms with E-state index in [0.29, 0.717) is 12.0 Å². The van der Waals surface area contributed by atoms with Gasteiger partial charge in [0.25, 0.3) is 5.56 Å². The van der Waals surface area contributed by atoms with Gasteiger partial charge in [-0.25, -0.2) is 9.36 Å². The number of rotatable bonds is 4. The standard InChI is InChI=1S/C10H15N3O2/c1-7(2)3-4-8-5-12-10(15)13(6-11)9(8)14/h5H,1,3-4,6,11H2,2H3,(H,12,15). The molecule has 0 bridgehead atoms. The van der Waals surface area contributed by atoms with Gasteiger partial charge in [-0.1, -0.05) is 5.57 Å². The molecule has 1 rings (SSSR count). The number of aromatic nitrogens is 2. The third-order valence-corrected chi connectivity index (χ3v) is 2.14. The van der Waals surface area contributed by atoms with Crippen LogP contribution in [-0.4, -0.2) is 9.55 Å². The molecule has 3 N–H and O–H groups in total. The maximum atomic E-state index is 11.7. The van der Waals surface area contributed by atoms with Crippen LogP contribution in [-0.2, 0) is 13.1 Å². The van der Waals surface area contributed by atoms with Crippen LogP contribution in [0.25, 0.3) is 0 Å². The van der Waals surface area contributed by atoms with E-state index in [9.17, 15) is 9.59 Å². The van der Waals surface area contributed by atoms with Crippen molar-refractivity contribution < 1.29 is 0 Å². The number of hydrogen-bond acceptors (Lipinski definition) is 3. The van der Waals surface area contributed by atoms with Crippen molar-refractivity contribution in [2.24, 2.45) is 5.73 Å². The fourth-order valence-electron chi connectivity index (χ4n) is 1.25. The highest BCUT2D eigenvalue weighted by atomic mass is 16.2. The number of nitrogens with zero attached hydrogens (tertiary/aromatic N) is 1. The smallest absolute Gasteiger partial charge is 0.314 e. The zero-order chi connectivity index (χ0) is 11.4. The van der Waals surface area contributed by atoms with E-state index in [1.165, 1.54) is 6.20 Å². The van der Waals surface area contributed by atoms with Gasteiger partial charge in [-0.3, -0.25) is 4.79 Å². The van der Waals surface area contributed by atoms with Gasteiger partial charge in [-0.2, -0.15) is 0 Å². The molecule has 15 heavy (non-hydrogen) atoms. The first-order chi connectivity index (χ1) is 7.06. The summed E-state index contributed by atoms with van der Waals surface area (Å²) in [5.74, 6) is 0. The summed E-state index contributed by atoms with van der Waals surface area (Å²) in [5, 5.41) is 0. The number of hydrogen-bond donors (Lipinski definition) is 2. The summed E-state index contributed by atoms with van der Waals surface area (Å²) in [7, 11) is 0. The van der Waals surface area contributed by atoms with Crippen LogP contribution in [0.1, 0.15) is 18.9 Å². The lowest BCUT2D eigenvalue weighted by Gasteiger charge is -2.04. The van der Waals surface area contributed by atoms with E-state index < -0.39 is 5.69 Å². The summed E-state index contributed by atoms with van der Waals surface area (Å²) in [4.78, 5) is 25.3. The molecule has 0 aliphatic carbocycles. The fraction of sp³-hybridized carbons (Fsp3) is 0.400. The lowest BCUT2D eigenvalue weighted by atomic mass is 10.1. The van der Waals surface area contributed by atoms with Crippen molar-refractivity contribution >= 4 is 0 Å². The van der Waals surface area contributed by atoms with Crippen molar-refractivity contribution in [2.45, 2.75) is 26.4 Å². The van der Waals surface area contributed by atoms with Crippen molar-refractivity contribution in [1.82, 2.24) is 9.55 Å². The molecule has 1 aromatic rings. The molecule has 0 spiro atoms. The van der Waals surface area contributed by atoms with Crippen molar-refractivity contribution in [1.29, 1.82) is 0 Å². The van der Waals surface area contributed by atoms with Gasteiger partial charge in [0.15, 0.2) is 0 Å². The monoisotopic (exact) mass is 209 g/mol. The Morgan fingerprint density at radius 3 is 2.80 bits per heavy atom. The van der Waals surface area contributed by atoms with E-state index >= 15 is 0 Å². The number of nitrogens with two attached hydrogens (primary N) is 1. The van der Waals surface area contributed by atoms with E-state index in [2.05, 4.69) is 11.6 Å². The lowest BCUT2D eigenvalue weighted by Crippen LogP contribution is -2.38. The topological polar surface area (TPSA) is 80.9 Å².